The molecule has 0 bridgehead atoms. The second-order valence-corrected chi connectivity index (χ2v) is 16.8. The van der Waals surface area contributed by atoms with Gasteiger partial charge >= 0.3 is 19.8 Å². The van der Waals surface area contributed by atoms with Crippen LogP contribution in [-0.4, -0.2) is 93.9 Å². The number of carbonyl (C=O) groups is 3. The number of esters is 2. The van der Waals surface area contributed by atoms with Crippen LogP contribution < -0.4 is 0 Å². The first-order valence-electron chi connectivity index (χ1n) is 21.1. The summed E-state index contributed by atoms with van der Waals surface area (Å²) in [5.74, 6) is -0.863. The van der Waals surface area contributed by atoms with Gasteiger partial charge in [0, 0.05) is 31.1 Å². The number of hydrogen-bond donors (Lipinski definition) is 5. The van der Waals surface area contributed by atoms with Crippen molar-refractivity contribution in [1.29, 1.82) is 0 Å². The Morgan fingerprint density at radius 1 is 0.818 bits per heavy atom. The molecule has 0 aromatic carbocycles. The van der Waals surface area contributed by atoms with Crippen LogP contribution in [0, 0.1) is 17.8 Å². The lowest BCUT2D eigenvalue weighted by atomic mass is 9.88. The lowest BCUT2D eigenvalue weighted by molar-refractivity contribution is -0.161. The van der Waals surface area contributed by atoms with Gasteiger partial charge in [-0.1, -0.05) is 129 Å². The Morgan fingerprint density at radius 2 is 1.40 bits per heavy atom. The first-order chi connectivity index (χ1) is 26.3. The summed E-state index contributed by atoms with van der Waals surface area (Å²) in [4.78, 5) is 47.7. The minimum absolute atomic E-state index is 0.0332. The van der Waals surface area contributed by atoms with E-state index in [4.69, 9.17) is 19.1 Å². The van der Waals surface area contributed by atoms with Crippen molar-refractivity contribution in [3.8, 4) is 0 Å². The van der Waals surface area contributed by atoms with Gasteiger partial charge in [-0.05, 0) is 31.6 Å². The molecule has 0 aromatic heterocycles. The van der Waals surface area contributed by atoms with Crippen LogP contribution in [0.25, 0.3) is 0 Å². The van der Waals surface area contributed by atoms with Crippen LogP contribution >= 0.6 is 7.82 Å². The Morgan fingerprint density at radius 3 is 2.04 bits per heavy atom. The van der Waals surface area contributed by atoms with E-state index < -0.39 is 70.6 Å². The Balaban J connectivity index is 2.46. The maximum Gasteiger partial charge on any atom is 0.472 e. The van der Waals surface area contributed by atoms with Gasteiger partial charge in [-0.15, -0.1) is 0 Å². The number of Topliss-reactive ketones (excluding diaryl/α,β-unsaturated/α-hetero) is 1. The third-order valence-corrected chi connectivity index (χ3v) is 11.3. The highest BCUT2D eigenvalue weighted by Gasteiger charge is 2.39. The van der Waals surface area contributed by atoms with Gasteiger partial charge in [0.15, 0.2) is 6.10 Å². The number of ether oxygens (including phenoxy) is 2. The van der Waals surface area contributed by atoms with Crippen molar-refractivity contribution < 1.29 is 62.8 Å². The second kappa shape index (κ2) is 31.3. The number of aliphatic hydroxyl groups excluding tert-OH is 4. The quantitative estimate of drug-likeness (QED) is 0.0185. The molecular weight excluding hydrogens is 731 g/mol. The fourth-order valence-corrected chi connectivity index (χ4v) is 7.42. The van der Waals surface area contributed by atoms with Gasteiger partial charge in [0.25, 0.3) is 0 Å². The summed E-state index contributed by atoms with van der Waals surface area (Å²) >= 11 is 0. The number of rotatable bonds is 35. The molecule has 0 radical (unpaired) electrons. The Labute approximate surface area is 330 Å². The van der Waals surface area contributed by atoms with Gasteiger partial charge in [0.05, 0.1) is 32.0 Å². The van der Waals surface area contributed by atoms with Crippen LogP contribution in [0.1, 0.15) is 162 Å². The highest BCUT2D eigenvalue weighted by molar-refractivity contribution is 7.47. The number of unbranched alkanes of at least 4 members (excludes halogenated alkanes) is 12. The monoisotopic (exact) mass is 806 g/mol. The smallest absolute Gasteiger partial charge is 0.462 e. The van der Waals surface area contributed by atoms with Gasteiger partial charge in [0.2, 0.25) is 0 Å². The van der Waals surface area contributed by atoms with Crippen molar-refractivity contribution in [2.24, 2.45) is 17.8 Å². The fourth-order valence-electron chi connectivity index (χ4n) is 6.63. The minimum Gasteiger partial charge on any atom is -0.462 e. The Kier molecular flexibility index (Phi) is 29.2. The number of carbonyl (C=O) groups excluding carboxylic acids is 3. The molecule has 0 aromatic rings. The third-order valence-electron chi connectivity index (χ3n) is 10.4. The van der Waals surface area contributed by atoms with Crippen LogP contribution in [0.3, 0.4) is 0 Å². The normalized spacial score (nSPS) is 20.7. The molecule has 0 heterocycles. The van der Waals surface area contributed by atoms with E-state index in [9.17, 15) is 39.2 Å². The van der Waals surface area contributed by atoms with Crippen LogP contribution in [0.15, 0.2) is 12.2 Å². The topological polar surface area (TPSA) is 206 Å². The van der Waals surface area contributed by atoms with Crippen molar-refractivity contribution in [3.05, 3.63) is 12.2 Å². The molecule has 1 fully saturated rings. The van der Waals surface area contributed by atoms with Crippen molar-refractivity contribution in [2.45, 2.75) is 186 Å². The first-order valence-corrected chi connectivity index (χ1v) is 22.6. The second-order valence-electron chi connectivity index (χ2n) is 15.4. The van der Waals surface area contributed by atoms with Crippen molar-refractivity contribution in [2.75, 3.05) is 26.4 Å². The van der Waals surface area contributed by atoms with E-state index in [1.807, 2.05) is 0 Å². The van der Waals surface area contributed by atoms with Gasteiger partial charge in [0.1, 0.15) is 18.5 Å². The molecule has 2 unspecified atom stereocenters. The van der Waals surface area contributed by atoms with E-state index in [0.29, 0.717) is 32.1 Å². The standard InChI is InChI=1S/C41H75O13P/c1-4-6-15-21-33(43)25-26-37-36(38(45)27-39(37)46)22-17-13-14-18-23-40(47)51-30-35(31-53-55(49,50)52-29-34(44)28-42)54-41(48)24-19-12-10-8-7-9-11-16-20-32(3)5-2/h25-26,32-37,39,42-44,46H,4-24,27-31H2,1-3H3,(H,49,50)/b26-25+/t32?,33-,34-,35+,36+,37+,39+/m0/s1. The summed E-state index contributed by atoms with van der Waals surface area (Å²) in [5, 5.41) is 39.0. The number of aliphatic hydroxyl groups is 4. The number of phosphoric ester groups is 1. The molecule has 13 nitrogen and oxygen atoms in total. The van der Waals surface area contributed by atoms with E-state index in [1.54, 1.807) is 12.2 Å². The summed E-state index contributed by atoms with van der Waals surface area (Å²) < 4.78 is 32.6. The summed E-state index contributed by atoms with van der Waals surface area (Å²) in [6.07, 6.45) is 18.1. The molecule has 322 valence electrons. The molecule has 5 N–H and O–H groups in total. The molecule has 1 saturated carbocycles. The predicted octanol–water partition coefficient (Wildman–Crippen LogP) is 7.28. The van der Waals surface area contributed by atoms with E-state index >= 15 is 0 Å². The lowest BCUT2D eigenvalue weighted by Crippen LogP contribution is -2.29. The third kappa shape index (κ3) is 26.0. The summed E-state index contributed by atoms with van der Waals surface area (Å²) in [6.45, 7) is 4.30. The Bertz CT molecular complexity index is 1100. The molecule has 14 heteroatoms. The molecular formula is C41H75O13P. The minimum atomic E-state index is -4.67. The van der Waals surface area contributed by atoms with E-state index in [2.05, 4.69) is 25.3 Å². The van der Waals surface area contributed by atoms with Crippen LogP contribution in [0.4, 0.5) is 0 Å². The number of hydrogen-bond acceptors (Lipinski definition) is 12. The summed E-state index contributed by atoms with van der Waals surface area (Å²) in [6, 6.07) is 0. The predicted molar refractivity (Wildman–Crippen MR) is 211 cm³/mol. The zero-order valence-corrected chi connectivity index (χ0v) is 34.9. The molecule has 0 saturated heterocycles. The fraction of sp³-hybridized carbons (Fsp3) is 0.878. The van der Waals surface area contributed by atoms with E-state index in [-0.39, 0.29) is 36.9 Å². The summed E-state index contributed by atoms with van der Waals surface area (Å²) in [7, 11) is -4.67. The van der Waals surface area contributed by atoms with Crippen LogP contribution in [0.2, 0.25) is 0 Å². The average Bonchev–Trinajstić information content (AvgIpc) is 3.43. The van der Waals surface area contributed by atoms with Gasteiger partial charge in [-0.3, -0.25) is 23.4 Å². The largest absolute Gasteiger partial charge is 0.472 e. The van der Waals surface area contributed by atoms with Crippen molar-refractivity contribution in [3.63, 3.8) is 0 Å². The molecule has 1 rings (SSSR count). The zero-order valence-electron chi connectivity index (χ0n) is 34.0. The molecule has 0 spiro atoms. The lowest BCUT2D eigenvalue weighted by Gasteiger charge is -2.20. The van der Waals surface area contributed by atoms with Gasteiger partial charge in [-0.2, -0.15) is 0 Å². The molecule has 0 aliphatic heterocycles. The maximum atomic E-state index is 12.6. The number of phosphoric acid groups is 1. The van der Waals surface area contributed by atoms with Gasteiger partial charge in [-0.25, -0.2) is 4.57 Å². The number of ketones is 1. The SMILES string of the molecule is CCCCC[C@H](O)/C=C/[C@H]1[C@H](O)CC(=O)[C@@H]1CCCCCCC(=O)OC[C@H](COP(=O)(O)OC[C@@H](O)CO)OC(=O)CCCCCCCCCCC(C)CC. The molecule has 0 amide bonds. The molecule has 8 atom stereocenters. The van der Waals surface area contributed by atoms with Crippen LogP contribution in [0.5, 0.6) is 0 Å². The van der Waals surface area contributed by atoms with Gasteiger partial charge < -0.3 is 34.8 Å². The summed E-state index contributed by atoms with van der Waals surface area (Å²) in [5.41, 5.74) is 0. The molecule has 1 aliphatic carbocycles. The van der Waals surface area contributed by atoms with Crippen molar-refractivity contribution in [1.82, 2.24) is 0 Å². The maximum absolute atomic E-state index is 12.6. The average molecular weight is 807 g/mol. The Hall–Kier alpha value is -1.70. The molecule has 1 aliphatic rings. The van der Waals surface area contributed by atoms with Crippen molar-refractivity contribution >= 4 is 25.5 Å². The van der Waals surface area contributed by atoms with E-state index in [1.165, 1.54) is 38.5 Å². The van der Waals surface area contributed by atoms with Crippen LogP contribution in [-0.2, 0) is 37.5 Å². The highest BCUT2D eigenvalue weighted by Crippen LogP contribution is 2.43. The first kappa shape index (κ1) is 51.3. The van der Waals surface area contributed by atoms with E-state index in [0.717, 1.165) is 57.3 Å². The zero-order chi connectivity index (χ0) is 40.9. The highest BCUT2D eigenvalue weighted by atomic mass is 31.2. The molecule has 55 heavy (non-hydrogen) atoms.